The van der Waals surface area contributed by atoms with E-state index in [-0.39, 0.29) is 6.04 Å². The lowest BCUT2D eigenvalue weighted by Crippen LogP contribution is -2.37. The fourth-order valence-electron chi connectivity index (χ4n) is 4.51. The maximum absolute atomic E-state index is 12.5. The Hall–Kier alpha value is -1.67. The number of nitrogens with zero attached hydrogens (tertiary/aromatic N) is 4. The molecule has 1 saturated heterocycles. The number of hydrogen-bond acceptors (Lipinski definition) is 10. The Morgan fingerprint density at radius 3 is 2.59 bits per heavy atom. The minimum atomic E-state index is -4.92. The van der Waals surface area contributed by atoms with Crippen molar-refractivity contribution in [3.8, 4) is 0 Å². The summed E-state index contributed by atoms with van der Waals surface area (Å²) in [6, 6.07) is 0.251. The molecule has 2 aromatic heterocycles. The Morgan fingerprint density at radius 2 is 1.97 bits per heavy atom. The number of aliphatic hydroxyl groups is 2. The van der Waals surface area contributed by atoms with Crippen LogP contribution < -0.4 is 5.32 Å². The van der Waals surface area contributed by atoms with E-state index in [0.29, 0.717) is 28.6 Å². The molecule has 1 aliphatic heterocycles. The molecule has 34 heavy (non-hydrogen) atoms. The van der Waals surface area contributed by atoms with Crippen molar-refractivity contribution < 1.29 is 37.7 Å². The largest absolute Gasteiger partial charge is 0.387 e. The molecule has 1 aliphatic carbocycles. The average molecular weight is 520 g/mol. The quantitative estimate of drug-likeness (QED) is 0.314. The zero-order valence-corrected chi connectivity index (χ0v) is 20.7. The number of fused-ring (bicyclic) bond motifs is 1. The lowest BCUT2D eigenvalue weighted by molar-refractivity contribution is -0.0365. The van der Waals surface area contributed by atoms with Crippen LogP contribution in [-0.4, -0.2) is 83.3 Å². The molecule has 2 aromatic rings. The topological polar surface area (TPSA) is 197 Å². The number of rotatable bonds is 7. The van der Waals surface area contributed by atoms with E-state index < -0.39 is 52.7 Å². The molecule has 3 unspecified atom stereocenters. The van der Waals surface area contributed by atoms with E-state index in [1.54, 1.807) is 6.92 Å². The molecule has 0 radical (unpaired) electrons. The van der Waals surface area contributed by atoms with E-state index in [1.165, 1.54) is 10.9 Å². The molecule has 0 spiro atoms. The molecule has 4 rings (SSSR count). The maximum Gasteiger partial charge on any atom is 0.343 e. The van der Waals surface area contributed by atoms with Gasteiger partial charge in [0.2, 0.25) is 0 Å². The van der Waals surface area contributed by atoms with Crippen LogP contribution in [0.5, 0.6) is 0 Å². The first-order valence-electron chi connectivity index (χ1n) is 11.1. The third kappa shape index (κ3) is 4.72. The van der Waals surface area contributed by atoms with Gasteiger partial charge in [0, 0.05) is 6.04 Å². The highest BCUT2D eigenvalue weighted by Gasteiger charge is 2.48. The van der Waals surface area contributed by atoms with Crippen molar-refractivity contribution in [1.82, 2.24) is 19.7 Å². The summed E-state index contributed by atoms with van der Waals surface area (Å²) < 4.78 is 43.3. The molecule has 15 heteroatoms. The third-order valence-electron chi connectivity index (χ3n) is 6.72. The summed E-state index contributed by atoms with van der Waals surface area (Å²) in [7, 11) is -9.27. The van der Waals surface area contributed by atoms with E-state index in [4.69, 9.17) is 4.74 Å². The van der Waals surface area contributed by atoms with Crippen LogP contribution in [0.4, 0.5) is 5.82 Å². The van der Waals surface area contributed by atoms with Crippen molar-refractivity contribution in [2.75, 3.05) is 11.1 Å². The second-order valence-corrected chi connectivity index (χ2v) is 13.8. The second kappa shape index (κ2) is 9.08. The fourth-order valence-corrected chi connectivity index (χ4v) is 7.46. The monoisotopic (exact) mass is 519 g/mol. The highest BCUT2D eigenvalue weighted by atomic mass is 32.2. The van der Waals surface area contributed by atoms with E-state index in [0.717, 1.165) is 26.2 Å². The van der Waals surface area contributed by atoms with Crippen LogP contribution in [0, 0.1) is 12.8 Å². The van der Waals surface area contributed by atoms with Crippen molar-refractivity contribution in [3.05, 3.63) is 12.0 Å². The fraction of sp³-hybridized carbons (Fsp3) is 0.737. The first-order chi connectivity index (χ1) is 15.8. The zero-order chi connectivity index (χ0) is 25.0. The van der Waals surface area contributed by atoms with Gasteiger partial charge in [0.1, 0.15) is 30.0 Å². The van der Waals surface area contributed by atoms with Crippen LogP contribution in [0.1, 0.15) is 45.2 Å². The molecular formula is C19H30N5O8PS. The highest BCUT2D eigenvalue weighted by molar-refractivity contribution is 7.98. The standard InChI is InChI=1S/C19H30N5O8PS/c1-9-5-4-6-13(9)23-17-12-7-20-24(18(12)22-10(2)21-17)19-16(26)15(25)14(32-19)8-34(30,31)11(3)33(27,28)29/h7,9,11,13-16,19,25-26H,4-6,8H2,1-3H3,(H,21,22,23)(H2,27,28,29)/t9?,11?,13?,14-,15-,16-,19-/m1/s1. The van der Waals surface area contributed by atoms with Gasteiger partial charge < -0.3 is 30.1 Å². The smallest absolute Gasteiger partial charge is 0.343 e. The minimum Gasteiger partial charge on any atom is -0.387 e. The molecule has 2 fully saturated rings. The van der Waals surface area contributed by atoms with E-state index >= 15 is 0 Å². The van der Waals surface area contributed by atoms with Crippen molar-refractivity contribution in [2.45, 2.75) is 75.6 Å². The van der Waals surface area contributed by atoms with Crippen molar-refractivity contribution in [1.29, 1.82) is 0 Å². The summed E-state index contributed by atoms with van der Waals surface area (Å²) in [6.07, 6.45) is -1.08. The molecule has 190 valence electrons. The molecule has 0 aromatic carbocycles. The van der Waals surface area contributed by atoms with Gasteiger partial charge in [-0.15, -0.1) is 0 Å². The number of hydrogen-bond donors (Lipinski definition) is 5. The summed E-state index contributed by atoms with van der Waals surface area (Å²) >= 11 is 0. The number of ether oxygens (including phenoxy) is 1. The Balaban J connectivity index is 1.61. The van der Waals surface area contributed by atoms with Gasteiger partial charge in [0.05, 0.1) is 17.3 Å². The van der Waals surface area contributed by atoms with Gasteiger partial charge in [-0.2, -0.15) is 5.10 Å². The van der Waals surface area contributed by atoms with Gasteiger partial charge in [-0.1, -0.05) is 13.3 Å². The van der Waals surface area contributed by atoms with Gasteiger partial charge in [-0.25, -0.2) is 23.1 Å². The van der Waals surface area contributed by atoms with Crippen molar-refractivity contribution in [2.24, 2.45) is 5.92 Å². The molecule has 3 heterocycles. The Kier molecular flexibility index (Phi) is 6.79. The lowest BCUT2D eigenvalue weighted by atomic mass is 10.1. The Bertz CT molecular complexity index is 1220. The number of aliphatic hydroxyl groups excluding tert-OH is 2. The third-order valence-corrected chi connectivity index (χ3v) is 11.3. The molecule has 0 bridgehead atoms. The van der Waals surface area contributed by atoms with Gasteiger partial charge >= 0.3 is 7.60 Å². The van der Waals surface area contributed by atoms with Crippen molar-refractivity contribution >= 4 is 34.3 Å². The Morgan fingerprint density at radius 1 is 1.26 bits per heavy atom. The number of aryl methyl sites for hydroxylation is 1. The van der Waals surface area contributed by atoms with Gasteiger partial charge in [0.15, 0.2) is 26.7 Å². The SMILES string of the molecule is Cc1nc(NC2CCCC2C)c2cnn([C@@H]3O[C@H](CS(=O)(=O)C(C)P(=O)(O)O)[C@@H](O)[C@H]3O)c2n1. The predicted molar refractivity (Wildman–Crippen MR) is 122 cm³/mol. The summed E-state index contributed by atoms with van der Waals surface area (Å²) in [5.74, 6) is 0.641. The molecule has 2 aliphatic rings. The average Bonchev–Trinajstić information content (AvgIpc) is 3.41. The molecule has 5 N–H and O–H groups in total. The molecule has 13 nitrogen and oxygen atoms in total. The van der Waals surface area contributed by atoms with Crippen LogP contribution in [0.25, 0.3) is 11.0 Å². The Labute approximate surface area is 196 Å². The molecule has 7 atom stereocenters. The number of anilines is 1. The van der Waals surface area contributed by atoms with Crippen LogP contribution in [-0.2, 0) is 19.1 Å². The molecular weight excluding hydrogens is 489 g/mol. The zero-order valence-electron chi connectivity index (χ0n) is 19.0. The number of aromatic nitrogens is 4. The molecule has 0 amide bonds. The summed E-state index contributed by atoms with van der Waals surface area (Å²) in [6.45, 7) is 4.77. The van der Waals surface area contributed by atoms with E-state index in [2.05, 4.69) is 27.3 Å². The van der Waals surface area contributed by atoms with Crippen LogP contribution in [0.2, 0.25) is 0 Å². The highest BCUT2D eigenvalue weighted by Crippen LogP contribution is 2.45. The normalized spacial score (nSPS) is 31.3. The van der Waals surface area contributed by atoms with Crippen LogP contribution in [0.3, 0.4) is 0 Å². The van der Waals surface area contributed by atoms with Crippen LogP contribution >= 0.6 is 7.60 Å². The van der Waals surface area contributed by atoms with E-state index in [9.17, 15) is 33.0 Å². The minimum absolute atomic E-state index is 0.251. The van der Waals surface area contributed by atoms with Gasteiger partial charge in [-0.05, 0) is 32.6 Å². The van der Waals surface area contributed by atoms with E-state index in [1.807, 2.05) is 0 Å². The molecule has 1 saturated carbocycles. The van der Waals surface area contributed by atoms with Crippen molar-refractivity contribution in [3.63, 3.8) is 0 Å². The van der Waals surface area contributed by atoms with Crippen LogP contribution in [0.15, 0.2) is 6.20 Å². The number of nitrogens with one attached hydrogen (secondary N) is 1. The summed E-state index contributed by atoms with van der Waals surface area (Å²) in [5.41, 5.74) is 0.337. The predicted octanol–water partition coefficient (Wildman–Crippen LogP) is 0.293. The second-order valence-electron chi connectivity index (χ2n) is 9.17. The van der Waals surface area contributed by atoms with Gasteiger partial charge in [-0.3, -0.25) is 4.57 Å². The maximum atomic E-state index is 12.5. The summed E-state index contributed by atoms with van der Waals surface area (Å²) in [5, 5.41) is 29.4. The summed E-state index contributed by atoms with van der Waals surface area (Å²) in [4.78, 5) is 25.4. The first-order valence-corrected chi connectivity index (χ1v) is 14.5. The number of sulfone groups is 1. The lowest BCUT2D eigenvalue weighted by Gasteiger charge is -2.19. The van der Waals surface area contributed by atoms with Gasteiger partial charge in [0.25, 0.3) is 0 Å². The first kappa shape index (κ1) is 25.4.